The van der Waals surface area contributed by atoms with Crippen LogP contribution in [0.3, 0.4) is 0 Å². The van der Waals surface area contributed by atoms with Gasteiger partial charge in [0.25, 0.3) is 0 Å². The van der Waals surface area contributed by atoms with E-state index in [0.717, 1.165) is 38.9 Å². The number of carboxylic acid groups (broad SMARTS) is 1. The van der Waals surface area contributed by atoms with Crippen molar-refractivity contribution in [3.63, 3.8) is 0 Å². The highest BCUT2D eigenvalue weighted by atomic mass is 16.4. The molecule has 0 aliphatic heterocycles. The van der Waals surface area contributed by atoms with Gasteiger partial charge < -0.3 is 9.52 Å². The van der Waals surface area contributed by atoms with Crippen LogP contribution < -0.4 is 5.43 Å². The van der Waals surface area contributed by atoms with E-state index in [9.17, 15) is 9.59 Å². The molecule has 5 heteroatoms. The summed E-state index contributed by atoms with van der Waals surface area (Å²) in [5.74, 6) is -0.922. The Kier molecular flexibility index (Phi) is 5.58. The van der Waals surface area contributed by atoms with Gasteiger partial charge in [-0.1, -0.05) is 54.6 Å². The molecule has 4 aromatic carbocycles. The SMILES string of the molecule is O=C(O)/C=C/c1ccccc1.O=c1c2cc3ccccc3cc2nc2c1ccc1occcc12. The molecule has 5 nitrogen and oxygen atoms in total. The maximum Gasteiger partial charge on any atom is 0.328 e. The normalized spacial score (nSPS) is 11.2. The lowest BCUT2D eigenvalue weighted by Gasteiger charge is -2.05. The molecule has 34 heavy (non-hydrogen) atoms. The van der Waals surface area contributed by atoms with Gasteiger partial charge in [0.1, 0.15) is 5.58 Å². The van der Waals surface area contributed by atoms with E-state index in [1.165, 1.54) is 0 Å². The smallest absolute Gasteiger partial charge is 0.328 e. The average Bonchev–Trinajstić information content (AvgIpc) is 2.87. The van der Waals surface area contributed by atoms with Crippen LogP contribution >= 0.6 is 0 Å². The molecule has 0 atom stereocenters. The van der Waals surface area contributed by atoms with Gasteiger partial charge >= 0.3 is 5.97 Å². The van der Waals surface area contributed by atoms with E-state index >= 15 is 0 Å². The van der Waals surface area contributed by atoms with E-state index in [-0.39, 0.29) is 5.43 Å². The van der Waals surface area contributed by atoms with Gasteiger partial charge in [0.15, 0.2) is 5.43 Å². The molecule has 6 rings (SSSR count). The highest BCUT2D eigenvalue weighted by Gasteiger charge is 2.11. The van der Waals surface area contributed by atoms with Crippen molar-refractivity contribution < 1.29 is 14.3 Å². The van der Waals surface area contributed by atoms with Crippen molar-refractivity contribution in [2.24, 2.45) is 0 Å². The lowest BCUT2D eigenvalue weighted by molar-refractivity contribution is -0.131. The summed E-state index contributed by atoms with van der Waals surface area (Å²) < 4.78 is 5.50. The van der Waals surface area contributed by atoms with Crippen LogP contribution in [0.25, 0.3) is 49.6 Å². The fraction of sp³-hybridized carbons (Fsp3) is 0. The second-order valence-electron chi connectivity index (χ2n) is 7.73. The third kappa shape index (κ3) is 4.14. The lowest BCUT2D eigenvalue weighted by Crippen LogP contribution is -2.04. The Morgan fingerprint density at radius 1 is 0.794 bits per heavy atom. The van der Waals surface area contributed by atoms with Crippen LogP contribution in [-0.4, -0.2) is 16.1 Å². The van der Waals surface area contributed by atoms with Gasteiger partial charge in [-0.05, 0) is 58.8 Å². The van der Waals surface area contributed by atoms with Crippen LogP contribution in [0.15, 0.2) is 113 Å². The molecule has 0 saturated heterocycles. The maximum atomic E-state index is 12.9. The van der Waals surface area contributed by atoms with Gasteiger partial charge in [0, 0.05) is 22.2 Å². The summed E-state index contributed by atoms with van der Waals surface area (Å²) in [6, 6.07) is 28.6. The second kappa shape index (κ2) is 9.00. The number of pyridine rings is 1. The zero-order valence-corrected chi connectivity index (χ0v) is 18.0. The molecule has 6 aromatic rings. The molecule has 0 amide bonds. The standard InChI is InChI=1S/C20H11NO2.C9H8O2/c22-20-15-7-8-18-14(6-3-9-23-18)19(15)21-17-11-13-5-2-1-4-12(13)10-16(17)20;10-9(11)7-6-8-4-2-1-3-5-8/h1-11H;1-7H,(H,10,11)/b;7-6+. The van der Waals surface area contributed by atoms with Gasteiger partial charge in [-0.2, -0.15) is 0 Å². The van der Waals surface area contributed by atoms with E-state index < -0.39 is 5.97 Å². The minimum Gasteiger partial charge on any atom is -0.478 e. The molecule has 0 saturated carbocycles. The topological polar surface area (TPSA) is 80.4 Å². The molecule has 0 spiro atoms. The first-order chi connectivity index (χ1) is 16.6. The van der Waals surface area contributed by atoms with Crippen molar-refractivity contribution in [3.8, 4) is 0 Å². The molecule has 0 aliphatic carbocycles. The third-order valence-corrected chi connectivity index (χ3v) is 5.52. The number of aliphatic carboxylic acids is 1. The Morgan fingerprint density at radius 3 is 2.29 bits per heavy atom. The highest BCUT2D eigenvalue weighted by Crippen LogP contribution is 2.26. The molecule has 2 heterocycles. The number of rotatable bonds is 2. The Morgan fingerprint density at radius 2 is 1.53 bits per heavy atom. The molecule has 0 aliphatic rings. The zero-order valence-electron chi connectivity index (χ0n) is 18.0. The number of benzene rings is 4. The number of hydrogen-bond donors (Lipinski definition) is 1. The van der Waals surface area contributed by atoms with E-state index in [1.807, 2.05) is 84.9 Å². The van der Waals surface area contributed by atoms with Crippen molar-refractivity contribution in [2.45, 2.75) is 0 Å². The molecular weight excluding hydrogens is 426 g/mol. The first-order valence-corrected chi connectivity index (χ1v) is 10.7. The number of nitrogens with zero attached hydrogens (tertiary/aromatic N) is 1. The average molecular weight is 445 g/mol. The first kappa shape index (κ1) is 21.1. The summed E-state index contributed by atoms with van der Waals surface area (Å²) in [7, 11) is 0. The van der Waals surface area contributed by atoms with Crippen LogP contribution in [0.2, 0.25) is 0 Å². The fourth-order valence-corrected chi connectivity index (χ4v) is 3.90. The molecule has 2 aromatic heterocycles. The number of carboxylic acids is 1. The minimum absolute atomic E-state index is 0.0153. The van der Waals surface area contributed by atoms with E-state index in [1.54, 1.807) is 18.4 Å². The van der Waals surface area contributed by atoms with Crippen LogP contribution in [-0.2, 0) is 4.79 Å². The predicted octanol–water partition coefficient (Wildman–Crippen LogP) is 6.43. The molecule has 0 fully saturated rings. The molecular formula is C29H19NO4. The summed E-state index contributed by atoms with van der Waals surface area (Å²) >= 11 is 0. The minimum atomic E-state index is -0.922. The second-order valence-corrected chi connectivity index (χ2v) is 7.73. The van der Waals surface area contributed by atoms with Crippen LogP contribution in [0.1, 0.15) is 5.56 Å². The summed E-state index contributed by atoms with van der Waals surface area (Å²) in [5.41, 5.74) is 3.06. The predicted molar refractivity (Wildman–Crippen MR) is 136 cm³/mol. The van der Waals surface area contributed by atoms with E-state index in [0.29, 0.717) is 16.3 Å². The Balaban J connectivity index is 0.000000186. The Bertz CT molecular complexity index is 1740. The largest absolute Gasteiger partial charge is 0.478 e. The van der Waals surface area contributed by atoms with E-state index in [4.69, 9.17) is 14.5 Å². The molecule has 0 radical (unpaired) electrons. The van der Waals surface area contributed by atoms with Crippen LogP contribution in [0.5, 0.6) is 0 Å². The molecule has 0 bridgehead atoms. The highest BCUT2D eigenvalue weighted by molar-refractivity contribution is 6.08. The summed E-state index contributed by atoms with van der Waals surface area (Å²) in [6.45, 7) is 0. The van der Waals surface area contributed by atoms with Gasteiger partial charge in [0.2, 0.25) is 0 Å². The van der Waals surface area contributed by atoms with Crippen LogP contribution in [0.4, 0.5) is 0 Å². The summed E-state index contributed by atoms with van der Waals surface area (Å²) in [6.07, 6.45) is 4.30. The number of hydrogen-bond acceptors (Lipinski definition) is 4. The van der Waals surface area contributed by atoms with Crippen molar-refractivity contribution in [3.05, 3.63) is 119 Å². The number of aromatic nitrogens is 1. The molecule has 1 N–H and O–H groups in total. The third-order valence-electron chi connectivity index (χ3n) is 5.52. The zero-order chi connectivity index (χ0) is 23.5. The van der Waals surface area contributed by atoms with Gasteiger partial charge in [-0.25, -0.2) is 9.78 Å². The van der Waals surface area contributed by atoms with E-state index in [2.05, 4.69) is 0 Å². The van der Waals surface area contributed by atoms with Crippen molar-refractivity contribution in [2.75, 3.05) is 0 Å². The Hall–Kier alpha value is -4.77. The quantitative estimate of drug-likeness (QED) is 0.189. The number of fused-ring (bicyclic) bond motifs is 5. The summed E-state index contributed by atoms with van der Waals surface area (Å²) in [4.78, 5) is 27.7. The van der Waals surface area contributed by atoms with Gasteiger partial charge in [-0.15, -0.1) is 0 Å². The van der Waals surface area contributed by atoms with Crippen molar-refractivity contribution in [1.82, 2.24) is 4.98 Å². The summed E-state index contributed by atoms with van der Waals surface area (Å²) in [5, 5.41) is 12.6. The van der Waals surface area contributed by atoms with Gasteiger partial charge in [0.05, 0.1) is 17.3 Å². The Labute approximate surface area is 194 Å². The monoisotopic (exact) mass is 445 g/mol. The first-order valence-electron chi connectivity index (χ1n) is 10.7. The van der Waals surface area contributed by atoms with Crippen molar-refractivity contribution in [1.29, 1.82) is 0 Å². The maximum absolute atomic E-state index is 12.9. The van der Waals surface area contributed by atoms with Crippen molar-refractivity contribution >= 4 is 55.6 Å². The van der Waals surface area contributed by atoms with Gasteiger partial charge in [-0.3, -0.25) is 4.79 Å². The lowest BCUT2D eigenvalue weighted by atomic mass is 10.0. The fourth-order valence-electron chi connectivity index (χ4n) is 3.90. The molecule has 164 valence electrons. The molecule has 0 unspecified atom stereocenters. The number of carbonyl (C=O) groups is 1. The van der Waals surface area contributed by atoms with Crippen LogP contribution in [0, 0.1) is 0 Å².